The summed E-state index contributed by atoms with van der Waals surface area (Å²) in [5.74, 6) is 2.29. The Hall–Kier alpha value is -4.17. The molecule has 36 heavy (non-hydrogen) atoms. The Bertz CT molecular complexity index is 1400. The summed E-state index contributed by atoms with van der Waals surface area (Å²) in [5, 5.41) is 4.24. The SMILES string of the molecule is COc1cc2nc(-c3cccc(C(C)=O)c3)nc(Nc3ccc(N4CCOCC4)cc3)c2cc1OC. The van der Waals surface area contributed by atoms with Crippen molar-refractivity contribution in [3.8, 4) is 22.9 Å². The fourth-order valence-electron chi connectivity index (χ4n) is 4.27. The Morgan fingerprint density at radius 1 is 0.944 bits per heavy atom. The summed E-state index contributed by atoms with van der Waals surface area (Å²) in [5.41, 5.74) is 4.11. The summed E-state index contributed by atoms with van der Waals surface area (Å²) < 4.78 is 16.5. The molecule has 1 fully saturated rings. The van der Waals surface area contributed by atoms with Gasteiger partial charge in [-0.2, -0.15) is 0 Å². The van der Waals surface area contributed by atoms with E-state index in [9.17, 15) is 4.79 Å². The highest BCUT2D eigenvalue weighted by Crippen LogP contribution is 2.36. The first-order valence-corrected chi connectivity index (χ1v) is 11.8. The Morgan fingerprint density at radius 2 is 1.67 bits per heavy atom. The van der Waals surface area contributed by atoms with Crippen LogP contribution in [0, 0.1) is 0 Å². The number of morpholine rings is 1. The molecule has 0 spiro atoms. The van der Waals surface area contributed by atoms with Gasteiger partial charge in [0.1, 0.15) is 5.82 Å². The van der Waals surface area contributed by atoms with Gasteiger partial charge < -0.3 is 24.4 Å². The number of benzene rings is 3. The molecule has 1 aliphatic heterocycles. The second kappa shape index (κ2) is 10.2. The smallest absolute Gasteiger partial charge is 0.162 e. The quantitative estimate of drug-likeness (QED) is 0.363. The van der Waals surface area contributed by atoms with E-state index in [4.69, 9.17) is 24.2 Å². The first-order valence-electron chi connectivity index (χ1n) is 11.8. The second-order valence-corrected chi connectivity index (χ2v) is 8.53. The molecule has 8 heteroatoms. The van der Waals surface area contributed by atoms with Crippen LogP contribution in [0.2, 0.25) is 0 Å². The molecular weight excluding hydrogens is 456 g/mol. The Labute approximate surface area is 209 Å². The Kier molecular flexibility index (Phi) is 6.69. The molecule has 2 heterocycles. The normalized spacial score (nSPS) is 13.5. The number of carbonyl (C=O) groups excluding carboxylic acids is 1. The fraction of sp³-hybridized carbons (Fsp3) is 0.250. The fourth-order valence-corrected chi connectivity index (χ4v) is 4.27. The number of methoxy groups -OCH3 is 2. The van der Waals surface area contributed by atoms with E-state index in [2.05, 4.69) is 22.3 Å². The van der Waals surface area contributed by atoms with Crippen LogP contribution in [0.15, 0.2) is 60.7 Å². The van der Waals surface area contributed by atoms with Gasteiger partial charge in [0.25, 0.3) is 0 Å². The summed E-state index contributed by atoms with van der Waals surface area (Å²) in [6.07, 6.45) is 0. The summed E-state index contributed by atoms with van der Waals surface area (Å²) in [6.45, 7) is 4.80. The molecular formula is C28H28N4O4. The first-order chi connectivity index (χ1) is 17.6. The lowest BCUT2D eigenvalue weighted by Gasteiger charge is -2.29. The van der Waals surface area contributed by atoms with Crippen LogP contribution in [0.5, 0.6) is 11.5 Å². The number of hydrogen-bond acceptors (Lipinski definition) is 8. The van der Waals surface area contributed by atoms with Gasteiger partial charge in [-0.05, 0) is 43.3 Å². The maximum atomic E-state index is 12.0. The second-order valence-electron chi connectivity index (χ2n) is 8.53. The number of nitrogens with one attached hydrogen (secondary N) is 1. The lowest BCUT2D eigenvalue weighted by atomic mass is 10.1. The van der Waals surface area contributed by atoms with Crippen LogP contribution in [0.3, 0.4) is 0 Å². The average Bonchev–Trinajstić information content (AvgIpc) is 2.93. The van der Waals surface area contributed by atoms with E-state index in [1.807, 2.05) is 42.5 Å². The van der Waals surface area contributed by atoms with Gasteiger partial charge >= 0.3 is 0 Å². The highest BCUT2D eigenvalue weighted by Gasteiger charge is 2.16. The van der Waals surface area contributed by atoms with Crippen LogP contribution < -0.4 is 19.7 Å². The molecule has 0 bridgehead atoms. The van der Waals surface area contributed by atoms with Crippen LogP contribution >= 0.6 is 0 Å². The molecule has 0 unspecified atom stereocenters. The molecule has 1 N–H and O–H groups in total. The number of nitrogens with zero attached hydrogens (tertiary/aromatic N) is 3. The van der Waals surface area contributed by atoms with Crippen molar-refractivity contribution in [2.75, 3.05) is 50.7 Å². The van der Waals surface area contributed by atoms with Crippen molar-refractivity contribution in [1.82, 2.24) is 9.97 Å². The lowest BCUT2D eigenvalue weighted by Crippen LogP contribution is -2.36. The Balaban J connectivity index is 1.57. The molecule has 0 atom stereocenters. The summed E-state index contributed by atoms with van der Waals surface area (Å²) >= 11 is 0. The van der Waals surface area contributed by atoms with Gasteiger partial charge in [-0.3, -0.25) is 4.79 Å². The molecule has 0 aliphatic carbocycles. The van der Waals surface area contributed by atoms with E-state index in [1.165, 1.54) is 0 Å². The zero-order valence-corrected chi connectivity index (χ0v) is 20.6. The topological polar surface area (TPSA) is 85.8 Å². The maximum Gasteiger partial charge on any atom is 0.162 e. The van der Waals surface area contributed by atoms with E-state index in [1.54, 1.807) is 27.2 Å². The van der Waals surface area contributed by atoms with E-state index in [-0.39, 0.29) is 5.78 Å². The number of ketones is 1. The first kappa shape index (κ1) is 23.6. The van der Waals surface area contributed by atoms with Crippen molar-refractivity contribution in [1.29, 1.82) is 0 Å². The zero-order valence-electron chi connectivity index (χ0n) is 20.6. The van der Waals surface area contributed by atoms with Gasteiger partial charge in [0.05, 0.1) is 33.0 Å². The summed E-state index contributed by atoms with van der Waals surface area (Å²) in [4.78, 5) is 23.9. The van der Waals surface area contributed by atoms with Crippen molar-refractivity contribution in [2.24, 2.45) is 0 Å². The van der Waals surface area contributed by atoms with Crippen LogP contribution in [0.25, 0.3) is 22.3 Å². The van der Waals surface area contributed by atoms with Gasteiger partial charge in [0.2, 0.25) is 0 Å². The molecule has 4 aromatic rings. The van der Waals surface area contributed by atoms with Crippen molar-refractivity contribution in [2.45, 2.75) is 6.92 Å². The van der Waals surface area contributed by atoms with Crippen molar-refractivity contribution < 1.29 is 19.0 Å². The minimum atomic E-state index is -0.0113. The lowest BCUT2D eigenvalue weighted by molar-refractivity contribution is 0.101. The Morgan fingerprint density at radius 3 is 2.36 bits per heavy atom. The van der Waals surface area contributed by atoms with Gasteiger partial charge in [-0.25, -0.2) is 9.97 Å². The number of ether oxygens (including phenoxy) is 3. The molecule has 5 rings (SSSR count). The van der Waals surface area contributed by atoms with Crippen molar-refractivity contribution in [3.63, 3.8) is 0 Å². The summed E-state index contributed by atoms with van der Waals surface area (Å²) in [6, 6.07) is 19.3. The van der Waals surface area contributed by atoms with Crippen LogP contribution in [0.4, 0.5) is 17.2 Å². The average molecular weight is 485 g/mol. The molecule has 0 saturated carbocycles. The standard InChI is InChI=1S/C28H28N4O4/c1-18(33)19-5-4-6-20(15-19)27-30-24-17-26(35-3)25(34-2)16-23(24)28(31-27)29-21-7-9-22(10-8-21)32-11-13-36-14-12-32/h4-10,15-17H,11-14H2,1-3H3,(H,29,30,31). The number of Topliss-reactive ketones (excluding diaryl/α,β-unsaturated/α-hetero) is 1. The molecule has 0 radical (unpaired) electrons. The predicted molar refractivity (Wildman–Crippen MR) is 141 cm³/mol. The number of hydrogen-bond donors (Lipinski definition) is 1. The highest BCUT2D eigenvalue weighted by atomic mass is 16.5. The number of rotatable bonds is 7. The van der Waals surface area contributed by atoms with E-state index >= 15 is 0 Å². The van der Waals surface area contributed by atoms with Crippen LogP contribution in [-0.2, 0) is 4.74 Å². The molecule has 1 aromatic heterocycles. The number of anilines is 3. The molecule has 1 saturated heterocycles. The third kappa shape index (κ3) is 4.81. The van der Waals surface area contributed by atoms with Gasteiger partial charge in [0.15, 0.2) is 23.1 Å². The third-order valence-corrected chi connectivity index (χ3v) is 6.23. The molecule has 184 valence electrons. The minimum Gasteiger partial charge on any atom is -0.493 e. The molecule has 1 aliphatic rings. The third-order valence-electron chi connectivity index (χ3n) is 6.23. The number of aromatic nitrogens is 2. The van der Waals surface area contributed by atoms with Gasteiger partial charge in [0, 0.05) is 47.0 Å². The van der Waals surface area contributed by atoms with Gasteiger partial charge in [-0.1, -0.05) is 18.2 Å². The molecule has 0 amide bonds. The van der Waals surface area contributed by atoms with Crippen LogP contribution in [0.1, 0.15) is 17.3 Å². The predicted octanol–water partition coefficient (Wildman–Crippen LogP) is 5.10. The van der Waals surface area contributed by atoms with Crippen molar-refractivity contribution in [3.05, 3.63) is 66.2 Å². The van der Waals surface area contributed by atoms with Crippen LogP contribution in [-0.4, -0.2) is 56.3 Å². The van der Waals surface area contributed by atoms with E-state index < -0.39 is 0 Å². The molecule has 8 nitrogen and oxygen atoms in total. The number of carbonyl (C=O) groups is 1. The monoisotopic (exact) mass is 484 g/mol. The zero-order chi connectivity index (χ0) is 25.1. The maximum absolute atomic E-state index is 12.0. The minimum absolute atomic E-state index is 0.0113. The van der Waals surface area contributed by atoms with E-state index in [0.29, 0.717) is 34.2 Å². The van der Waals surface area contributed by atoms with Crippen molar-refractivity contribution >= 4 is 33.9 Å². The largest absolute Gasteiger partial charge is 0.493 e. The number of fused-ring (bicyclic) bond motifs is 1. The highest BCUT2D eigenvalue weighted by molar-refractivity contribution is 5.96. The van der Waals surface area contributed by atoms with E-state index in [0.717, 1.165) is 48.6 Å². The van der Waals surface area contributed by atoms with Gasteiger partial charge in [-0.15, -0.1) is 0 Å². The molecule has 3 aromatic carbocycles. The summed E-state index contributed by atoms with van der Waals surface area (Å²) in [7, 11) is 3.20.